The van der Waals surface area contributed by atoms with Gasteiger partial charge in [-0.15, -0.1) is 0 Å². The first-order valence-corrected chi connectivity index (χ1v) is 7.36. The molecule has 0 atom stereocenters. The third kappa shape index (κ3) is 2.63. The second kappa shape index (κ2) is 5.72. The lowest BCUT2D eigenvalue weighted by atomic mass is 10.0. The number of fused-ring (bicyclic) bond motifs is 1. The summed E-state index contributed by atoms with van der Waals surface area (Å²) >= 11 is 0. The van der Waals surface area contributed by atoms with E-state index in [1.54, 1.807) is 11.9 Å². The van der Waals surface area contributed by atoms with Crippen LogP contribution in [-0.2, 0) is 14.3 Å². The van der Waals surface area contributed by atoms with E-state index >= 15 is 0 Å². The molecule has 116 valence electrons. The van der Waals surface area contributed by atoms with Crippen molar-refractivity contribution in [2.45, 2.75) is 13.8 Å². The minimum absolute atomic E-state index is 0.178. The molecule has 0 unspecified atom stereocenters. The van der Waals surface area contributed by atoms with E-state index in [0.29, 0.717) is 16.9 Å². The highest BCUT2D eigenvalue weighted by Crippen LogP contribution is 2.40. The van der Waals surface area contributed by atoms with Crippen molar-refractivity contribution in [1.82, 2.24) is 0 Å². The van der Waals surface area contributed by atoms with Crippen LogP contribution in [0.15, 0.2) is 48.5 Å². The lowest BCUT2D eigenvalue weighted by Crippen LogP contribution is -2.21. The number of anilines is 1. The fourth-order valence-electron chi connectivity index (χ4n) is 2.69. The van der Waals surface area contributed by atoms with Crippen LogP contribution in [0.4, 0.5) is 5.69 Å². The Labute approximate surface area is 135 Å². The van der Waals surface area contributed by atoms with E-state index in [1.807, 2.05) is 55.5 Å². The zero-order valence-electron chi connectivity index (χ0n) is 13.3. The van der Waals surface area contributed by atoms with Gasteiger partial charge in [0.25, 0.3) is 5.91 Å². The Morgan fingerprint density at radius 3 is 2.35 bits per heavy atom. The summed E-state index contributed by atoms with van der Waals surface area (Å²) in [6.07, 6.45) is 0. The zero-order chi connectivity index (χ0) is 16.6. The molecule has 4 nitrogen and oxygen atoms in total. The second-order valence-electron chi connectivity index (χ2n) is 5.55. The van der Waals surface area contributed by atoms with E-state index in [-0.39, 0.29) is 5.91 Å². The van der Waals surface area contributed by atoms with Crippen LogP contribution in [0.5, 0.6) is 0 Å². The first-order chi connectivity index (χ1) is 11.0. The predicted molar refractivity (Wildman–Crippen MR) is 89.6 cm³/mol. The number of aryl methyl sites for hydroxylation is 1. The summed E-state index contributed by atoms with van der Waals surface area (Å²) in [6, 6.07) is 15.0. The fraction of sp³-hybridized carbons (Fsp3) is 0.158. The summed E-state index contributed by atoms with van der Waals surface area (Å²) in [5.74, 6) is -0.324. The summed E-state index contributed by atoms with van der Waals surface area (Å²) in [4.78, 5) is 25.8. The molecule has 1 aliphatic rings. The van der Waals surface area contributed by atoms with Crippen LogP contribution in [0.1, 0.15) is 23.6 Å². The molecule has 1 aliphatic heterocycles. The van der Waals surface area contributed by atoms with Crippen LogP contribution in [0.2, 0.25) is 0 Å². The van der Waals surface area contributed by atoms with Gasteiger partial charge in [-0.25, -0.2) is 0 Å². The number of para-hydroxylation sites is 1. The molecule has 0 saturated carbocycles. The predicted octanol–water partition coefficient (Wildman–Crippen LogP) is 3.40. The molecule has 1 heterocycles. The zero-order valence-corrected chi connectivity index (χ0v) is 13.3. The molecule has 0 N–H and O–H groups in total. The third-order valence-corrected chi connectivity index (χ3v) is 3.84. The van der Waals surface area contributed by atoms with Gasteiger partial charge in [-0.3, -0.25) is 9.59 Å². The van der Waals surface area contributed by atoms with Gasteiger partial charge < -0.3 is 9.64 Å². The highest BCUT2D eigenvalue weighted by atomic mass is 16.5. The number of ether oxygens (including phenoxy) is 1. The molecular formula is C19H17NO3. The number of esters is 1. The van der Waals surface area contributed by atoms with Crippen molar-refractivity contribution in [1.29, 1.82) is 0 Å². The average molecular weight is 307 g/mol. The molecule has 0 spiro atoms. The summed E-state index contributed by atoms with van der Waals surface area (Å²) in [5, 5.41) is 0. The normalized spacial score (nSPS) is 15.4. The van der Waals surface area contributed by atoms with Gasteiger partial charge in [-0.05, 0) is 13.0 Å². The van der Waals surface area contributed by atoms with Crippen molar-refractivity contribution in [3.8, 4) is 0 Å². The first-order valence-electron chi connectivity index (χ1n) is 7.36. The Hall–Kier alpha value is -2.88. The monoisotopic (exact) mass is 307 g/mol. The minimum Gasteiger partial charge on any atom is -0.425 e. The summed E-state index contributed by atoms with van der Waals surface area (Å²) in [6.45, 7) is 3.32. The molecule has 2 aromatic rings. The van der Waals surface area contributed by atoms with E-state index < -0.39 is 5.97 Å². The highest BCUT2D eigenvalue weighted by molar-refractivity contribution is 6.37. The van der Waals surface area contributed by atoms with E-state index in [9.17, 15) is 9.59 Å². The van der Waals surface area contributed by atoms with E-state index in [1.165, 1.54) is 6.92 Å². The Kier molecular flexibility index (Phi) is 3.74. The standard InChI is InChI=1S/C19H17NO3/c1-12-8-10-14(11-9-12)18(23-13(2)21)17-15-6-4-5-7-16(15)20(3)19(17)22/h4-11H,1-3H3/b18-17+. The quantitative estimate of drug-likeness (QED) is 0.485. The number of hydrogen-bond donors (Lipinski definition) is 0. The van der Waals surface area contributed by atoms with Crippen molar-refractivity contribution in [2.24, 2.45) is 0 Å². The molecular weight excluding hydrogens is 290 g/mol. The molecule has 0 saturated heterocycles. The molecule has 3 rings (SSSR count). The van der Waals surface area contributed by atoms with Gasteiger partial charge in [-0.2, -0.15) is 0 Å². The van der Waals surface area contributed by atoms with E-state index in [0.717, 1.165) is 16.8 Å². The van der Waals surface area contributed by atoms with Crippen LogP contribution in [0.25, 0.3) is 11.3 Å². The maximum absolute atomic E-state index is 12.7. The first kappa shape index (κ1) is 15.0. The van der Waals surface area contributed by atoms with Gasteiger partial charge in [0.2, 0.25) is 0 Å². The molecule has 0 fully saturated rings. The van der Waals surface area contributed by atoms with Crippen LogP contribution in [0.3, 0.4) is 0 Å². The molecule has 2 aromatic carbocycles. The van der Waals surface area contributed by atoms with Crippen LogP contribution >= 0.6 is 0 Å². The number of carbonyl (C=O) groups excluding carboxylic acids is 2. The van der Waals surface area contributed by atoms with Crippen molar-refractivity contribution in [2.75, 3.05) is 11.9 Å². The minimum atomic E-state index is -0.451. The molecule has 0 aliphatic carbocycles. The average Bonchev–Trinajstić information content (AvgIpc) is 2.78. The summed E-state index contributed by atoms with van der Waals surface area (Å²) < 4.78 is 5.43. The van der Waals surface area contributed by atoms with Crippen molar-refractivity contribution < 1.29 is 14.3 Å². The van der Waals surface area contributed by atoms with Gasteiger partial charge in [0.1, 0.15) is 0 Å². The molecule has 23 heavy (non-hydrogen) atoms. The van der Waals surface area contributed by atoms with E-state index in [2.05, 4.69) is 0 Å². The lowest BCUT2D eigenvalue weighted by Gasteiger charge is -2.12. The number of benzene rings is 2. The van der Waals surface area contributed by atoms with Gasteiger partial charge in [-0.1, -0.05) is 48.0 Å². The van der Waals surface area contributed by atoms with Gasteiger partial charge in [0.05, 0.1) is 11.3 Å². The SMILES string of the molecule is CC(=O)O/C(=C1/C(=O)N(C)c2ccccc21)c1ccc(C)cc1. The Bertz CT molecular complexity index is 819. The molecule has 0 bridgehead atoms. The van der Waals surface area contributed by atoms with Gasteiger partial charge in [0.15, 0.2) is 5.76 Å². The number of likely N-dealkylation sites (N-methyl/N-ethyl adjacent to an activating group) is 1. The second-order valence-corrected chi connectivity index (χ2v) is 5.55. The summed E-state index contributed by atoms with van der Waals surface area (Å²) in [5.41, 5.74) is 3.80. The third-order valence-electron chi connectivity index (χ3n) is 3.84. The van der Waals surface area contributed by atoms with Crippen LogP contribution in [0, 0.1) is 6.92 Å². The number of hydrogen-bond acceptors (Lipinski definition) is 3. The number of amides is 1. The van der Waals surface area contributed by atoms with Gasteiger partial charge in [0, 0.05) is 25.1 Å². The van der Waals surface area contributed by atoms with Crippen LogP contribution < -0.4 is 4.90 Å². The van der Waals surface area contributed by atoms with E-state index in [4.69, 9.17) is 4.74 Å². The maximum Gasteiger partial charge on any atom is 0.308 e. The smallest absolute Gasteiger partial charge is 0.308 e. The van der Waals surface area contributed by atoms with Gasteiger partial charge >= 0.3 is 5.97 Å². The largest absolute Gasteiger partial charge is 0.425 e. The maximum atomic E-state index is 12.7. The number of carbonyl (C=O) groups is 2. The van der Waals surface area contributed by atoms with Crippen molar-refractivity contribution >= 4 is 28.9 Å². The summed E-state index contributed by atoms with van der Waals surface area (Å²) in [7, 11) is 1.72. The molecule has 0 radical (unpaired) electrons. The molecule has 4 heteroatoms. The lowest BCUT2D eigenvalue weighted by molar-refractivity contribution is -0.134. The Morgan fingerprint density at radius 1 is 1.04 bits per heavy atom. The fourth-order valence-corrected chi connectivity index (χ4v) is 2.69. The van der Waals surface area contributed by atoms with Crippen LogP contribution in [-0.4, -0.2) is 18.9 Å². The highest BCUT2D eigenvalue weighted by Gasteiger charge is 2.33. The number of nitrogens with zero attached hydrogens (tertiary/aromatic N) is 1. The van der Waals surface area contributed by atoms with Crippen molar-refractivity contribution in [3.63, 3.8) is 0 Å². The number of rotatable bonds is 2. The molecule has 0 aromatic heterocycles. The Morgan fingerprint density at radius 2 is 1.70 bits per heavy atom. The Balaban J connectivity index is 2.26. The molecule has 1 amide bonds. The topological polar surface area (TPSA) is 46.6 Å². The van der Waals surface area contributed by atoms with Crippen molar-refractivity contribution in [3.05, 3.63) is 65.2 Å².